The topological polar surface area (TPSA) is 67.5 Å². The van der Waals surface area contributed by atoms with E-state index in [1.165, 1.54) is 25.7 Å². The molecule has 0 radical (unpaired) electrons. The highest BCUT2D eigenvalue weighted by Crippen LogP contribution is 2.33. The predicted octanol–water partition coefficient (Wildman–Crippen LogP) is 5.73. The van der Waals surface area contributed by atoms with Crippen LogP contribution in [0.1, 0.15) is 82.6 Å². The smallest absolute Gasteiger partial charge is 0.267 e. The molecule has 0 saturated heterocycles. The van der Waals surface area contributed by atoms with Gasteiger partial charge in [0.05, 0.1) is 6.04 Å². The minimum atomic E-state index is -0.102. The van der Waals surface area contributed by atoms with Gasteiger partial charge >= 0.3 is 0 Å². The molecule has 1 amide bonds. The summed E-state index contributed by atoms with van der Waals surface area (Å²) >= 11 is 6.51. The van der Waals surface area contributed by atoms with Crippen LogP contribution in [-0.4, -0.2) is 23.7 Å². The van der Waals surface area contributed by atoms with E-state index in [0.717, 1.165) is 79.7 Å². The minimum Gasteiger partial charge on any atom is -0.394 e. The Kier molecular flexibility index (Phi) is 7.71. The van der Waals surface area contributed by atoms with Crippen LogP contribution >= 0.6 is 11.6 Å². The van der Waals surface area contributed by atoms with Gasteiger partial charge in [0.15, 0.2) is 0 Å². The first-order valence-corrected chi connectivity index (χ1v) is 12.6. The van der Waals surface area contributed by atoms with Crippen molar-refractivity contribution in [2.24, 2.45) is 16.6 Å². The van der Waals surface area contributed by atoms with Crippen LogP contribution in [-0.2, 0) is 11.2 Å². The van der Waals surface area contributed by atoms with Crippen molar-refractivity contribution in [1.82, 2.24) is 5.32 Å². The Morgan fingerprint density at radius 2 is 1.74 bits per heavy atom. The normalized spacial score (nSPS) is 26.2. The number of rotatable bonds is 5. The summed E-state index contributed by atoms with van der Waals surface area (Å²) in [6, 6.07) is 8.74. The third kappa shape index (κ3) is 5.71. The second kappa shape index (κ2) is 10.7. The fourth-order valence-corrected chi connectivity index (χ4v) is 5.36. The maximum Gasteiger partial charge on any atom is 0.267 e. The van der Waals surface area contributed by atoms with Crippen molar-refractivity contribution in [1.29, 1.82) is 0 Å². The highest BCUT2D eigenvalue weighted by molar-refractivity contribution is 6.31. The van der Waals surface area contributed by atoms with Crippen LogP contribution in [0.5, 0.6) is 0 Å². The Morgan fingerprint density at radius 3 is 2.45 bits per heavy atom. The van der Waals surface area contributed by atoms with Crippen LogP contribution in [0.15, 0.2) is 40.5 Å². The van der Waals surface area contributed by atoms with Crippen molar-refractivity contribution in [2.75, 3.05) is 0 Å². The molecular formula is C26H36ClN3O. The first-order valence-electron chi connectivity index (χ1n) is 12.2. The summed E-state index contributed by atoms with van der Waals surface area (Å²) in [6.45, 7) is 0. The summed E-state index contributed by atoms with van der Waals surface area (Å²) in [4.78, 5) is 18.3. The molecule has 3 fully saturated rings. The van der Waals surface area contributed by atoms with Gasteiger partial charge in [-0.05, 0) is 69.4 Å². The van der Waals surface area contributed by atoms with Crippen molar-refractivity contribution in [3.05, 3.63) is 46.1 Å². The maximum absolute atomic E-state index is 12.9. The molecule has 3 aliphatic rings. The Balaban J connectivity index is 1.66. The zero-order chi connectivity index (χ0) is 21.6. The minimum absolute atomic E-state index is 0.102. The Morgan fingerprint density at radius 1 is 1.00 bits per heavy atom. The molecule has 3 saturated carbocycles. The fourth-order valence-electron chi connectivity index (χ4n) is 5.15. The van der Waals surface area contributed by atoms with E-state index in [2.05, 4.69) is 11.4 Å². The summed E-state index contributed by atoms with van der Waals surface area (Å²) in [6.07, 6.45) is 14.3. The van der Waals surface area contributed by atoms with Gasteiger partial charge in [0.1, 0.15) is 5.70 Å². The molecule has 0 bridgehead atoms. The van der Waals surface area contributed by atoms with E-state index >= 15 is 0 Å². The van der Waals surface area contributed by atoms with Crippen molar-refractivity contribution < 1.29 is 4.79 Å². The molecule has 0 spiro atoms. The van der Waals surface area contributed by atoms with Gasteiger partial charge in [0, 0.05) is 28.3 Å². The van der Waals surface area contributed by atoms with Crippen LogP contribution in [0, 0.1) is 5.92 Å². The van der Waals surface area contributed by atoms with Crippen LogP contribution < -0.4 is 11.1 Å². The van der Waals surface area contributed by atoms with Gasteiger partial charge in [0.25, 0.3) is 5.91 Å². The number of nitrogens with one attached hydrogen (secondary N) is 1. The molecule has 1 atom stereocenters. The quantitative estimate of drug-likeness (QED) is 0.452. The summed E-state index contributed by atoms with van der Waals surface area (Å²) in [5, 5.41) is 3.94. The van der Waals surface area contributed by atoms with E-state index < -0.39 is 0 Å². The molecule has 168 valence electrons. The molecule has 3 N–H and O–H groups in total. The van der Waals surface area contributed by atoms with Crippen molar-refractivity contribution in [3.8, 4) is 0 Å². The number of carbonyl (C=O) groups is 1. The van der Waals surface area contributed by atoms with Crippen molar-refractivity contribution >= 4 is 23.2 Å². The lowest BCUT2D eigenvalue weighted by Crippen LogP contribution is -2.42. The zero-order valence-corrected chi connectivity index (χ0v) is 19.3. The van der Waals surface area contributed by atoms with Gasteiger partial charge in [-0.3, -0.25) is 9.79 Å². The Labute approximate surface area is 191 Å². The van der Waals surface area contributed by atoms with Gasteiger partial charge < -0.3 is 11.1 Å². The van der Waals surface area contributed by atoms with Gasteiger partial charge in [0.2, 0.25) is 0 Å². The van der Waals surface area contributed by atoms with E-state index in [1.807, 2.05) is 18.2 Å². The first-order chi connectivity index (χ1) is 15.1. The lowest BCUT2D eigenvalue weighted by atomic mass is 9.86. The molecule has 1 aromatic carbocycles. The number of allylic oxidation sites excluding steroid dienone is 1. The lowest BCUT2D eigenvalue weighted by molar-refractivity contribution is -0.118. The average molecular weight is 442 g/mol. The summed E-state index contributed by atoms with van der Waals surface area (Å²) in [5.74, 6) is 0.156. The van der Waals surface area contributed by atoms with Gasteiger partial charge in [-0.15, -0.1) is 0 Å². The second-order valence-corrected chi connectivity index (χ2v) is 9.95. The molecule has 4 nitrogen and oxygen atoms in total. The second-order valence-electron chi connectivity index (χ2n) is 9.54. The van der Waals surface area contributed by atoms with E-state index in [1.54, 1.807) is 0 Å². The molecular weight excluding hydrogens is 406 g/mol. The molecule has 5 heteroatoms. The lowest BCUT2D eigenvalue weighted by Gasteiger charge is -2.28. The summed E-state index contributed by atoms with van der Waals surface area (Å²) < 4.78 is 0. The summed E-state index contributed by atoms with van der Waals surface area (Å²) in [7, 11) is 0. The number of hydrogen-bond donors (Lipinski definition) is 2. The molecule has 0 heterocycles. The average Bonchev–Trinajstić information content (AvgIpc) is 2.95. The van der Waals surface area contributed by atoms with Crippen LogP contribution in [0.2, 0.25) is 5.02 Å². The van der Waals surface area contributed by atoms with Crippen molar-refractivity contribution in [3.63, 3.8) is 0 Å². The van der Waals surface area contributed by atoms with Crippen molar-refractivity contribution in [2.45, 2.75) is 95.6 Å². The van der Waals surface area contributed by atoms with Gasteiger partial charge in [-0.2, -0.15) is 0 Å². The number of amides is 1. The number of hydrogen-bond acceptors (Lipinski definition) is 3. The number of nitrogens with zero attached hydrogens (tertiary/aromatic N) is 1. The zero-order valence-electron chi connectivity index (χ0n) is 18.5. The number of nitrogens with two attached hydrogens (primary N) is 1. The van der Waals surface area contributed by atoms with Gasteiger partial charge in [-0.1, -0.05) is 55.5 Å². The standard InChI is InChI=1S/C26H36ClN3O/c27-23-16-7-5-9-18(23)17-19-10-4-6-15-22(24(28)26(31)30-21-13-8-14-21)25(19)29-20-11-2-1-3-12-20/h5,7,9,16,19-21H,1-4,6,8,10-15,17,28H2,(H,30,31). The third-order valence-electron chi connectivity index (χ3n) is 7.26. The predicted molar refractivity (Wildman–Crippen MR) is 128 cm³/mol. The van der Waals surface area contributed by atoms with E-state index in [-0.39, 0.29) is 17.9 Å². The Bertz CT molecular complexity index is 837. The molecule has 31 heavy (non-hydrogen) atoms. The van der Waals surface area contributed by atoms with Crippen LogP contribution in [0.3, 0.4) is 0 Å². The number of aliphatic imine (C=N–C) groups is 1. The highest BCUT2D eigenvalue weighted by Gasteiger charge is 2.29. The fraction of sp³-hybridized carbons (Fsp3) is 0.615. The molecule has 0 aromatic heterocycles. The van der Waals surface area contributed by atoms with E-state index in [4.69, 9.17) is 22.3 Å². The molecule has 0 aliphatic heterocycles. The Hall–Kier alpha value is -1.81. The molecule has 3 aliphatic carbocycles. The van der Waals surface area contributed by atoms with E-state index in [0.29, 0.717) is 11.7 Å². The third-order valence-corrected chi connectivity index (χ3v) is 7.62. The maximum atomic E-state index is 12.9. The monoisotopic (exact) mass is 441 g/mol. The highest BCUT2D eigenvalue weighted by atomic mass is 35.5. The number of carbonyl (C=O) groups excluding carboxylic acids is 1. The molecule has 1 unspecified atom stereocenters. The molecule has 4 rings (SSSR count). The van der Waals surface area contributed by atoms with Gasteiger partial charge in [-0.25, -0.2) is 0 Å². The van der Waals surface area contributed by atoms with Crippen LogP contribution in [0.25, 0.3) is 0 Å². The van der Waals surface area contributed by atoms with E-state index in [9.17, 15) is 4.79 Å². The SMILES string of the molecule is NC(C(=O)NC1CCC1)=C1CCCCC(Cc2ccccc2Cl)C1=NC1CCCCC1. The number of benzene rings is 1. The largest absolute Gasteiger partial charge is 0.394 e. The van der Waals surface area contributed by atoms with Crippen LogP contribution in [0.4, 0.5) is 0 Å². The molecule has 1 aromatic rings. The first kappa shape index (κ1) is 22.4. The number of halogens is 1. The summed E-state index contributed by atoms with van der Waals surface area (Å²) in [5.41, 5.74) is 10.2.